The van der Waals surface area contributed by atoms with Crippen molar-refractivity contribution in [3.8, 4) is 22.7 Å². The van der Waals surface area contributed by atoms with Gasteiger partial charge in [0.2, 0.25) is 0 Å². The van der Waals surface area contributed by atoms with E-state index in [2.05, 4.69) is 9.89 Å². The molecule has 4 aromatic rings. The van der Waals surface area contributed by atoms with Gasteiger partial charge in [0.1, 0.15) is 18.1 Å². The Kier molecular flexibility index (Phi) is 8.70. The first-order chi connectivity index (χ1) is 21.1. The number of aromatic nitrogens is 2. The van der Waals surface area contributed by atoms with Gasteiger partial charge in [0.25, 0.3) is 5.91 Å². The molecular weight excluding hydrogens is 560 g/mol. The number of likely N-dealkylation sites (tertiary alicyclic amines) is 1. The van der Waals surface area contributed by atoms with Crippen molar-refractivity contribution in [2.24, 2.45) is 10.9 Å². The second-order valence-corrected chi connectivity index (χ2v) is 11.3. The lowest BCUT2D eigenvalue weighted by Crippen LogP contribution is -2.39. The van der Waals surface area contributed by atoms with Gasteiger partial charge in [-0.1, -0.05) is 60.7 Å². The summed E-state index contributed by atoms with van der Waals surface area (Å²) in [6, 6.07) is 27.8. The summed E-state index contributed by atoms with van der Waals surface area (Å²) in [7, 11) is 0. The maximum absolute atomic E-state index is 13.1. The normalized spacial score (nSPS) is 16.4. The average molecular weight is 593 g/mol. The molecule has 0 radical (unpaired) electrons. The zero-order valence-corrected chi connectivity index (χ0v) is 24.7. The van der Waals surface area contributed by atoms with Crippen LogP contribution in [0.3, 0.4) is 0 Å². The van der Waals surface area contributed by atoms with E-state index in [-0.39, 0.29) is 17.8 Å². The maximum atomic E-state index is 13.1. The van der Waals surface area contributed by atoms with Crippen LogP contribution < -0.4 is 4.74 Å². The molecular formula is C34H32N4O4S. The Morgan fingerprint density at radius 2 is 1.74 bits per heavy atom. The number of benzene rings is 3. The first-order valence-electron chi connectivity index (χ1n) is 14.4. The number of esters is 1. The number of carbonyl (C=O) groups is 2. The number of carbonyl (C=O) groups excluding carboxylic acids is 2. The van der Waals surface area contributed by atoms with Gasteiger partial charge >= 0.3 is 5.97 Å². The van der Waals surface area contributed by atoms with Crippen LogP contribution in [0.25, 0.3) is 23.0 Å². The van der Waals surface area contributed by atoms with Crippen LogP contribution in [0.15, 0.2) is 101 Å². The van der Waals surface area contributed by atoms with Crippen LogP contribution in [0.1, 0.15) is 30.9 Å². The molecule has 3 heterocycles. The minimum atomic E-state index is -0.272. The van der Waals surface area contributed by atoms with E-state index in [9.17, 15) is 9.59 Å². The number of hydrogen-bond acceptors (Lipinski definition) is 7. The van der Waals surface area contributed by atoms with Gasteiger partial charge in [-0.2, -0.15) is 10.1 Å². The highest BCUT2D eigenvalue weighted by atomic mass is 32.2. The highest BCUT2D eigenvalue weighted by Gasteiger charge is 2.32. The molecule has 1 aromatic heterocycles. The van der Waals surface area contributed by atoms with Crippen LogP contribution in [0.5, 0.6) is 5.75 Å². The van der Waals surface area contributed by atoms with Gasteiger partial charge in [-0.3, -0.25) is 9.59 Å². The van der Waals surface area contributed by atoms with Crippen molar-refractivity contribution in [2.45, 2.75) is 26.4 Å². The Morgan fingerprint density at radius 3 is 2.49 bits per heavy atom. The number of amidine groups is 1. The second kappa shape index (κ2) is 13.1. The van der Waals surface area contributed by atoms with Crippen LogP contribution >= 0.6 is 11.8 Å². The third kappa shape index (κ3) is 6.73. The molecule has 8 nitrogen and oxygen atoms in total. The van der Waals surface area contributed by atoms with Gasteiger partial charge in [0, 0.05) is 30.4 Å². The molecule has 2 aliphatic heterocycles. The molecule has 6 rings (SSSR count). The summed E-state index contributed by atoms with van der Waals surface area (Å²) in [6.45, 7) is 3.98. The van der Waals surface area contributed by atoms with Gasteiger partial charge in [0.15, 0.2) is 5.17 Å². The third-order valence-corrected chi connectivity index (χ3v) is 8.44. The standard InChI is InChI=1S/C34H32N4O4S/c1-2-41-33(40)25-16-18-37(19-17-25)34-35-32(39)30(43-34)21-27-22-38(28-13-7-4-8-14-28)36-31(27)26-12-9-15-29(20-26)42-23-24-10-5-3-6-11-24/h3-15,20-22,25H,2,16-19,23H2,1H3/b30-21-. The van der Waals surface area contributed by atoms with Gasteiger partial charge in [-0.05, 0) is 67.4 Å². The van der Waals surface area contributed by atoms with Crippen LogP contribution in [0, 0.1) is 5.92 Å². The molecule has 0 aliphatic carbocycles. The highest BCUT2D eigenvalue weighted by Crippen LogP contribution is 2.35. The van der Waals surface area contributed by atoms with Crippen molar-refractivity contribution >= 4 is 34.9 Å². The minimum absolute atomic E-state index is 0.104. The highest BCUT2D eigenvalue weighted by molar-refractivity contribution is 8.18. The third-order valence-electron chi connectivity index (χ3n) is 7.40. The molecule has 218 valence electrons. The molecule has 0 unspecified atom stereocenters. The number of thioether (sulfide) groups is 1. The molecule has 0 N–H and O–H groups in total. The van der Waals surface area contributed by atoms with Gasteiger partial charge in [-0.15, -0.1) is 0 Å². The fraction of sp³-hybridized carbons (Fsp3) is 0.235. The quantitative estimate of drug-likeness (QED) is 0.174. The molecule has 0 bridgehead atoms. The SMILES string of the molecule is CCOC(=O)C1CCN(C2=NC(=O)/C(=C/c3cn(-c4ccccc4)nc3-c3cccc(OCc4ccccc4)c3)S2)CC1. The number of aliphatic imine (C=N–C) groups is 1. The number of nitrogens with zero attached hydrogens (tertiary/aromatic N) is 4. The molecule has 2 aliphatic rings. The smallest absolute Gasteiger partial charge is 0.309 e. The average Bonchev–Trinajstić information content (AvgIpc) is 3.65. The number of rotatable bonds is 8. The molecule has 0 spiro atoms. The topological polar surface area (TPSA) is 86.0 Å². The Hall–Kier alpha value is -4.63. The van der Waals surface area contributed by atoms with Crippen molar-refractivity contribution in [3.63, 3.8) is 0 Å². The lowest BCUT2D eigenvalue weighted by Gasteiger charge is -2.31. The first-order valence-corrected chi connectivity index (χ1v) is 15.3. The van der Waals surface area contributed by atoms with Crippen molar-refractivity contribution in [3.05, 3.63) is 107 Å². The number of hydrogen-bond donors (Lipinski definition) is 0. The van der Waals surface area contributed by atoms with Crippen molar-refractivity contribution in [1.29, 1.82) is 0 Å². The molecule has 9 heteroatoms. The molecule has 0 atom stereocenters. The predicted octanol–water partition coefficient (Wildman–Crippen LogP) is 6.36. The number of piperidine rings is 1. The first kappa shape index (κ1) is 28.5. The van der Waals surface area contributed by atoms with E-state index >= 15 is 0 Å². The lowest BCUT2D eigenvalue weighted by atomic mass is 9.97. The van der Waals surface area contributed by atoms with Crippen molar-refractivity contribution in [2.75, 3.05) is 19.7 Å². The molecule has 43 heavy (non-hydrogen) atoms. The summed E-state index contributed by atoms with van der Waals surface area (Å²) in [4.78, 5) is 32.2. The molecule has 3 aromatic carbocycles. The number of ether oxygens (including phenoxy) is 2. The summed E-state index contributed by atoms with van der Waals surface area (Å²) in [5.74, 6) is 0.216. The zero-order chi connectivity index (χ0) is 29.6. The van der Waals surface area contributed by atoms with Gasteiger partial charge in [0.05, 0.1) is 23.1 Å². The summed E-state index contributed by atoms with van der Waals surface area (Å²) in [5.41, 5.74) is 4.42. The molecule has 0 saturated carbocycles. The van der Waals surface area contributed by atoms with E-state index in [0.717, 1.165) is 33.8 Å². The zero-order valence-electron chi connectivity index (χ0n) is 23.9. The summed E-state index contributed by atoms with van der Waals surface area (Å²) >= 11 is 1.37. The fourth-order valence-electron chi connectivity index (χ4n) is 5.15. The van der Waals surface area contributed by atoms with Crippen LogP contribution in [-0.2, 0) is 20.9 Å². The molecule has 1 fully saturated rings. The Morgan fingerprint density at radius 1 is 1.00 bits per heavy atom. The maximum Gasteiger partial charge on any atom is 0.309 e. The minimum Gasteiger partial charge on any atom is -0.489 e. The number of amides is 1. The van der Waals surface area contributed by atoms with E-state index in [0.29, 0.717) is 49.2 Å². The van der Waals surface area contributed by atoms with Crippen LogP contribution in [0.4, 0.5) is 0 Å². The second-order valence-electron chi connectivity index (χ2n) is 10.3. The Balaban J connectivity index is 1.24. The van der Waals surface area contributed by atoms with E-state index in [1.54, 1.807) is 0 Å². The summed E-state index contributed by atoms with van der Waals surface area (Å²) < 4.78 is 13.1. The lowest BCUT2D eigenvalue weighted by molar-refractivity contribution is -0.149. The van der Waals surface area contributed by atoms with Crippen molar-refractivity contribution in [1.82, 2.24) is 14.7 Å². The largest absolute Gasteiger partial charge is 0.489 e. The summed E-state index contributed by atoms with van der Waals surface area (Å²) in [6.07, 6.45) is 5.17. The van der Waals surface area contributed by atoms with E-state index < -0.39 is 0 Å². The van der Waals surface area contributed by atoms with Gasteiger partial charge < -0.3 is 14.4 Å². The Bertz CT molecular complexity index is 1660. The van der Waals surface area contributed by atoms with E-state index in [1.807, 2.05) is 109 Å². The van der Waals surface area contributed by atoms with Gasteiger partial charge in [-0.25, -0.2) is 4.68 Å². The van der Waals surface area contributed by atoms with E-state index in [1.165, 1.54) is 11.8 Å². The Labute approximate surface area is 255 Å². The fourth-order valence-corrected chi connectivity index (χ4v) is 6.10. The predicted molar refractivity (Wildman–Crippen MR) is 169 cm³/mol. The summed E-state index contributed by atoms with van der Waals surface area (Å²) in [5, 5.41) is 5.60. The van der Waals surface area contributed by atoms with Crippen LogP contribution in [-0.4, -0.2) is 51.4 Å². The molecule has 1 amide bonds. The van der Waals surface area contributed by atoms with Crippen LogP contribution in [0.2, 0.25) is 0 Å². The number of para-hydroxylation sites is 1. The van der Waals surface area contributed by atoms with Crippen molar-refractivity contribution < 1.29 is 19.1 Å². The van der Waals surface area contributed by atoms with E-state index in [4.69, 9.17) is 14.6 Å². The molecule has 1 saturated heterocycles. The monoisotopic (exact) mass is 592 g/mol.